The van der Waals surface area contributed by atoms with E-state index in [0.717, 1.165) is 0 Å². The van der Waals surface area contributed by atoms with Crippen LogP contribution in [0.2, 0.25) is 0 Å². The molecule has 3 heteroatoms. The fraction of sp³-hybridized carbons (Fsp3) is 0. The molecule has 0 aliphatic carbocycles. The Balaban J connectivity index is 1.47. The Morgan fingerprint density at radius 2 is 0.844 bits per heavy atom. The first kappa shape index (κ1) is 27.8. The van der Waals surface area contributed by atoms with Crippen molar-refractivity contribution in [2.45, 2.75) is 0 Å². The number of fused-ring (bicyclic) bond motifs is 3. The number of benzene rings is 7. The topological polar surface area (TPSA) is 4.93 Å². The van der Waals surface area contributed by atoms with Crippen LogP contribution in [-0.4, -0.2) is 12.6 Å². The lowest BCUT2D eigenvalue weighted by molar-refractivity contribution is 1.17. The van der Waals surface area contributed by atoms with Gasteiger partial charge in [-0.15, -0.1) is 0 Å². The molecule has 0 saturated carbocycles. The molecule has 0 aliphatic heterocycles. The van der Waals surface area contributed by atoms with Crippen molar-refractivity contribution in [1.82, 2.24) is 4.57 Å². The summed E-state index contributed by atoms with van der Waals surface area (Å²) in [6.07, 6.45) is 0. The summed E-state index contributed by atoms with van der Waals surface area (Å²) in [4.78, 5) is 0. The zero-order chi connectivity index (χ0) is 30.2. The molecule has 0 spiro atoms. The molecule has 8 aromatic rings. The van der Waals surface area contributed by atoms with Gasteiger partial charge in [0.25, 0.3) is 0 Å². The lowest BCUT2D eigenvalue weighted by Gasteiger charge is -2.35. The number of aromatic nitrogens is 1. The molecule has 45 heavy (non-hydrogen) atoms. The van der Waals surface area contributed by atoms with Gasteiger partial charge in [-0.25, -0.2) is 0 Å². The van der Waals surface area contributed by atoms with Crippen LogP contribution in [0.3, 0.4) is 0 Å². The summed E-state index contributed by atoms with van der Waals surface area (Å²) < 4.78 is 3.69. The van der Waals surface area contributed by atoms with E-state index in [1.807, 2.05) is 0 Å². The van der Waals surface area contributed by atoms with Gasteiger partial charge in [-0.05, 0) is 78.7 Å². The minimum absolute atomic E-state index is 1.22. The normalized spacial score (nSPS) is 11.7. The molecule has 0 bridgehead atoms. The highest BCUT2D eigenvalue weighted by Gasteiger charge is 2.42. The van der Waals surface area contributed by atoms with Crippen molar-refractivity contribution >= 4 is 73.2 Å². The summed E-state index contributed by atoms with van der Waals surface area (Å²) in [5.74, 6) is 0. The highest BCUT2D eigenvalue weighted by atomic mass is 127. The summed E-state index contributed by atoms with van der Waals surface area (Å²) in [7, 11) is -2.78. The number of para-hydroxylation sites is 2. The van der Waals surface area contributed by atoms with Crippen LogP contribution in [0.25, 0.3) is 38.6 Å². The van der Waals surface area contributed by atoms with Crippen LogP contribution in [0.15, 0.2) is 182 Å². The Bertz CT molecular complexity index is 2180. The molecule has 1 nitrogen and oxygen atoms in total. The van der Waals surface area contributed by atoms with E-state index in [4.69, 9.17) is 0 Å². The van der Waals surface area contributed by atoms with Crippen molar-refractivity contribution in [1.29, 1.82) is 0 Å². The van der Waals surface area contributed by atoms with Gasteiger partial charge in [-0.2, -0.15) is 0 Å². The Hall–Kier alpha value is -4.71. The Labute approximate surface area is 278 Å². The summed E-state index contributed by atoms with van der Waals surface area (Å²) in [6.45, 7) is 0. The van der Waals surface area contributed by atoms with Gasteiger partial charge in [0.1, 0.15) is 0 Å². The average molecular weight is 704 g/mol. The van der Waals surface area contributed by atoms with Crippen LogP contribution < -0.4 is 20.7 Å². The summed E-state index contributed by atoms with van der Waals surface area (Å²) >= 11 is 2.52. The maximum atomic E-state index is 2.52. The maximum absolute atomic E-state index is 2.78. The van der Waals surface area contributed by atoms with Crippen molar-refractivity contribution < 1.29 is 0 Å². The van der Waals surface area contributed by atoms with E-state index in [9.17, 15) is 0 Å². The molecule has 0 atom stereocenters. The van der Waals surface area contributed by atoms with Gasteiger partial charge < -0.3 is 4.57 Å². The molecule has 0 fully saturated rings. The van der Waals surface area contributed by atoms with Crippen LogP contribution >= 0.6 is 22.6 Å². The fourth-order valence-electron chi connectivity index (χ4n) is 7.04. The van der Waals surface area contributed by atoms with Crippen molar-refractivity contribution in [3.05, 3.63) is 186 Å². The predicted octanol–water partition coefficient (Wildman–Crippen LogP) is 8.43. The van der Waals surface area contributed by atoms with Crippen molar-refractivity contribution in [3.8, 4) is 16.8 Å². The number of nitrogens with zero attached hydrogens (tertiary/aromatic N) is 1. The number of hydrogen-bond acceptors (Lipinski definition) is 0. The highest BCUT2D eigenvalue weighted by Crippen LogP contribution is 2.33. The molecular formula is C42H30INSi. The van der Waals surface area contributed by atoms with Crippen LogP contribution in [0.4, 0.5) is 0 Å². The molecule has 0 aliphatic rings. The Morgan fingerprint density at radius 1 is 0.378 bits per heavy atom. The largest absolute Gasteiger partial charge is 0.308 e. The van der Waals surface area contributed by atoms with Gasteiger partial charge in [0.2, 0.25) is 0 Å². The SMILES string of the molecule is Ic1ccc([Si](c2ccccc2)(c2ccccc2)c2cccc(-c3ccccc3)c2)cc1-n1c2ccccc2c2ccccc21. The highest BCUT2D eigenvalue weighted by molar-refractivity contribution is 14.1. The molecule has 0 N–H and O–H groups in total. The van der Waals surface area contributed by atoms with Gasteiger partial charge in [0.15, 0.2) is 8.07 Å². The van der Waals surface area contributed by atoms with E-state index in [1.165, 1.54) is 62.9 Å². The smallest absolute Gasteiger partial charge is 0.179 e. The van der Waals surface area contributed by atoms with Crippen molar-refractivity contribution in [2.24, 2.45) is 0 Å². The van der Waals surface area contributed by atoms with E-state index in [1.54, 1.807) is 0 Å². The standard InChI is InChI=1S/C42H30INSi/c43-39-28-27-36(30-42(39)44-40-25-12-10-23-37(40)38-24-11-13-26-41(38)44)45(33-18-6-2-7-19-33,34-20-8-3-9-21-34)35-22-14-17-32(29-35)31-15-4-1-5-16-31/h1-30H. The minimum atomic E-state index is -2.78. The fourth-order valence-corrected chi connectivity index (χ4v) is 12.4. The molecule has 0 saturated heterocycles. The van der Waals surface area contributed by atoms with Gasteiger partial charge in [0, 0.05) is 14.3 Å². The van der Waals surface area contributed by atoms with Crippen molar-refractivity contribution in [2.75, 3.05) is 0 Å². The lowest BCUT2D eigenvalue weighted by Crippen LogP contribution is -2.74. The van der Waals surface area contributed by atoms with Gasteiger partial charge in [-0.1, -0.05) is 158 Å². The first-order chi connectivity index (χ1) is 22.2. The zero-order valence-corrected chi connectivity index (χ0v) is 27.8. The molecule has 8 rings (SSSR count). The Kier molecular flexibility index (Phi) is 7.20. The van der Waals surface area contributed by atoms with Crippen molar-refractivity contribution in [3.63, 3.8) is 0 Å². The second-order valence-electron chi connectivity index (χ2n) is 11.5. The first-order valence-electron chi connectivity index (χ1n) is 15.3. The van der Waals surface area contributed by atoms with E-state index >= 15 is 0 Å². The number of rotatable bonds is 6. The second kappa shape index (κ2) is 11.7. The molecule has 0 amide bonds. The average Bonchev–Trinajstić information content (AvgIpc) is 3.45. The van der Waals surface area contributed by atoms with E-state index < -0.39 is 8.07 Å². The molecule has 1 heterocycles. The number of hydrogen-bond donors (Lipinski definition) is 0. The van der Waals surface area contributed by atoms with Crippen LogP contribution in [0, 0.1) is 3.57 Å². The third-order valence-electron chi connectivity index (χ3n) is 9.02. The van der Waals surface area contributed by atoms with Gasteiger partial charge in [-0.3, -0.25) is 0 Å². The minimum Gasteiger partial charge on any atom is -0.308 e. The lowest BCUT2D eigenvalue weighted by atomic mass is 10.1. The summed E-state index contributed by atoms with van der Waals surface area (Å²) in [5, 5.41) is 8.03. The third-order valence-corrected chi connectivity index (χ3v) is 14.7. The zero-order valence-electron chi connectivity index (χ0n) is 24.6. The van der Waals surface area contributed by atoms with Gasteiger partial charge in [0.05, 0.1) is 16.7 Å². The van der Waals surface area contributed by atoms with Crippen LogP contribution in [0.5, 0.6) is 0 Å². The van der Waals surface area contributed by atoms with E-state index in [-0.39, 0.29) is 0 Å². The Morgan fingerprint density at radius 3 is 1.44 bits per heavy atom. The maximum Gasteiger partial charge on any atom is 0.179 e. The molecule has 1 aromatic heterocycles. The second-order valence-corrected chi connectivity index (χ2v) is 16.4. The summed E-state index contributed by atoms with van der Waals surface area (Å²) in [6, 6.07) is 67.2. The van der Waals surface area contributed by atoms with Crippen LogP contribution in [-0.2, 0) is 0 Å². The molecular weight excluding hydrogens is 673 g/mol. The number of halogens is 1. The third kappa shape index (κ3) is 4.66. The van der Waals surface area contributed by atoms with E-state index in [0.29, 0.717) is 0 Å². The monoisotopic (exact) mass is 703 g/mol. The van der Waals surface area contributed by atoms with Gasteiger partial charge >= 0.3 is 0 Å². The first-order valence-corrected chi connectivity index (χ1v) is 18.4. The van der Waals surface area contributed by atoms with Crippen LogP contribution in [0.1, 0.15) is 0 Å². The summed E-state index contributed by atoms with van der Waals surface area (Å²) in [5.41, 5.74) is 6.15. The molecule has 0 unspecified atom stereocenters. The quantitative estimate of drug-likeness (QED) is 0.0932. The molecule has 214 valence electrons. The molecule has 0 radical (unpaired) electrons. The predicted molar refractivity (Wildman–Crippen MR) is 203 cm³/mol. The van der Waals surface area contributed by atoms with E-state index in [2.05, 4.69) is 209 Å². The molecule has 7 aromatic carbocycles.